The lowest BCUT2D eigenvalue weighted by atomic mass is 10.1. The molecule has 2 amide bonds. The maximum Gasteiger partial charge on any atom is 0.246 e. The van der Waals surface area contributed by atoms with Gasteiger partial charge in [-0.25, -0.2) is 13.5 Å². The molecule has 0 saturated carbocycles. The number of rotatable bonds is 7. The van der Waals surface area contributed by atoms with E-state index in [1.54, 1.807) is 0 Å². The Morgan fingerprint density at radius 3 is 2.43 bits per heavy atom. The van der Waals surface area contributed by atoms with E-state index in [4.69, 9.17) is 0 Å². The van der Waals surface area contributed by atoms with Crippen LogP contribution in [0.5, 0.6) is 0 Å². The number of piperidine rings is 1. The number of anilines is 3. The van der Waals surface area contributed by atoms with Crippen molar-refractivity contribution < 1.29 is 18.0 Å². The van der Waals surface area contributed by atoms with E-state index in [0.717, 1.165) is 30.2 Å². The van der Waals surface area contributed by atoms with Crippen LogP contribution in [-0.4, -0.2) is 66.4 Å². The number of likely N-dealkylation sites (N-methyl/N-ethyl adjacent to an activating group) is 1. The molecule has 0 unspecified atom stereocenters. The van der Waals surface area contributed by atoms with Crippen molar-refractivity contribution in [1.82, 2.24) is 19.5 Å². The van der Waals surface area contributed by atoms with Crippen LogP contribution in [0.25, 0.3) is 0 Å². The highest BCUT2D eigenvalue weighted by atomic mass is 32.2. The van der Waals surface area contributed by atoms with Crippen LogP contribution in [0, 0.1) is 0 Å². The van der Waals surface area contributed by atoms with Crippen LogP contribution in [0.2, 0.25) is 0 Å². The Morgan fingerprint density at radius 1 is 1.13 bits per heavy atom. The van der Waals surface area contributed by atoms with Gasteiger partial charge in [0.1, 0.15) is 0 Å². The molecule has 1 aliphatic heterocycles. The highest BCUT2D eigenvalue weighted by Crippen LogP contribution is 2.18. The molecule has 0 bridgehead atoms. The number of nitrogens with zero attached hydrogens (tertiary/aromatic N) is 4. The molecular weight excluding hydrogens is 410 g/mol. The standard InChI is InChI=1S/C18H25N7O4S/c1-13(26)19-14-6-8-15(9-7-14)30(28,29)24(2)12-16(27)20-17-21-18(23-22-17)25-10-4-3-5-11-25/h6-9H,3-5,10-12H2,1-2H3,(H,19,26)(H2,20,21,22,23,27). The van der Waals surface area contributed by atoms with Gasteiger partial charge < -0.3 is 10.2 Å². The fraction of sp³-hybridized carbons (Fsp3) is 0.444. The SMILES string of the molecule is CC(=O)Nc1ccc(S(=O)(=O)N(C)CC(=O)Nc2nc(N3CCCCC3)n[nH]2)cc1. The predicted octanol–water partition coefficient (Wildman–Crippen LogP) is 1.01. The number of aromatic nitrogens is 3. The second kappa shape index (κ2) is 9.22. The van der Waals surface area contributed by atoms with Gasteiger partial charge in [-0.15, -0.1) is 5.10 Å². The van der Waals surface area contributed by atoms with Crippen molar-refractivity contribution in [2.24, 2.45) is 0 Å². The number of H-pyrrole nitrogens is 1. The quantitative estimate of drug-likeness (QED) is 0.589. The first-order valence-corrected chi connectivity index (χ1v) is 11.0. The summed E-state index contributed by atoms with van der Waals surface area (Å²) < 4.78 is 26.3. The van der Waals surface area contributed by atoms with Gasteiger partial charge in [0.05, 0.1) is 11.4 Å². The van der Waals surface area contributed by atoms with Crippen molar-refractivity contribution in [3.63, 3.8) is 0 Å². The first-order chi connectivity index (χ1) is 14.3. The maximum atomic E-state index is 12.7. The second-order valence-corrected chi connectivity index (χ2v) is 9.09. The van der Waals surface area contributed by atoms with Gasteiger partial charge in [0, 0.05) is 32.7 Å². The Hall–Kier alpha value is -2.99. The van der Waals surface area contributed by atoms with Crippen LogP contribution in [0.4, 0.5) is 17.6 Å². The smallest absolute Gasteiger partial charge is 0.246 e. The average Bonchev–Trinajstić information content (AvgIpc) is 3.17. The zero-order valence-electron chi connectivity index (χ0n) is 16.9. The lowest BCUT2D eigenvalue weighted by molar-refractivity contribution is -0.116. The van der Waals surface area contributed by atoms with E-state index in [9.17, 15) is 18.0 Å². The zero-order valence-corrected chi connectivity index (χ0v) is 17.7. The third kappa shape index (κ3) is 5.33. The maximum absolute atomic E-state index is 12.7. The molecule has 3 N–H and O–H groups in total. The van der Waals surface area contributed by atoms with E-state index < -0.39 is 22.5 Å². The molecule has 11 nitrogen and oxygen atoms in total. The summed E-state index contributed by atoms with van der Waals surface area (Å²) in [6.45, 7) is 2.70. The van der Waals surface area contributed by atoms with Crippen LogP contribution in [0.3, 0.4) is 0 Å². The molecule has 0 radical (unpaired) electrons. The third-order valence-electron chi connectivity index (χ3n) is 4.62. The van der Waals surface area contributed by atoms with Gasteiger partial charge in [0.25, 0.3) is 0 Å². The van der Waals surface area contributed by atoms with Crippen LogP contribution in [-0.2, 0) is 19.6 Å². The third-order valence-corrected chi connectivity index (χ3v) is 6.44. The molecule has 0 atom stereocenters. The van der Waals surface area contributed by atoms with E-state index in [-0.39, 0.29) is 16.8 Å². The first kappa shape index (κ1) is 21.7. The number of hydrogen-bond acceptors (Lipinski definition) is 7. The Labute approximate surface area is 174 Å². The summed E-state index contributed by atoms with van der Waals surface area (Å²) in [5.41, 5.74) is 0.483. The molecule has 1 saturated heterocycles. The van der Waals surface area contributed by atoms with E-state index in [0.29, 0.717) is 11.6 Å². The van der Waals surface area contributed by atoms with E-state index in [1.807, 2.05) is 4.90 Å². The highest BCUT2D eigenvalue weighted by molar-refractivity contribution is 7.89. The second-order valence-electron chi connectivity index (χ2n) is 7.05. The van der Waals surface area contributed by atoms with Crippen LogP contribution in [0.1, 0.15) is 26.2 Å². The van der Waals surface area contributed by atoms with Crippen molar-refractivity contribution in [3.05, 3.63) is 24.3 Å². The molecule has 2 aromatic rings. The molecule has 162 valence electrons. The fourth-order valence-corrected chi connectivity index (χ4v) is 4.22. The number of carbonyl (C=O) groups excluding carboxylic acids is 2. The molecule has 2 heterocycles. The number of carbonyl (C=O) groups is 2. The molecule has 12 heteroatoms. The summed E-state index contributed by atoms with van der Waals surface area (Å²) in [6.07, 6.45) is 3.33. The number of nitrogens with one attached hydrogen (secondary N) is 3. The minimum Gasteiger partial charge on any atom is -0.340 e. The van der Waals surface area contributed by atoms with Crippen molar-refractivity contribution in [2.75, 3.05) is 42.2 Å². The number of aromatic amines is 1. The summed E-state index contributed by atoms with van der Waals surface area (Å²) in [6, 6.07) is 5.71. The van der Waals surface area contributed by atoms with Crippen LogP contribution in [0.15, 0.2) is 29.2 Å². The molecule has 1 aromatic heterocycles. The van der Waals surface area contributed by atoms with Crippen LogP contribution < -0.4 is 15.5 Å². The Bertz CT molecular complexity index is 998. The topological polar surface area (TPSA) is 140 Å². The summed E-state index contributed by atoms with van der Waals surface area (Å²) >= 11 is 0. The Balaban J connectivity index is 1.59. The lowest BCUT2D eigenvalue weighted by Gasteiger charge is -2.24. The molecular formula is C18H25N7O4S. The minimum absolute atomic E-state index is 0.0129. The van der Waals surface area contributed by atoms with Crippen molar-refractivity contribution in [3.8, 4) is 0 Å². The van der Waals surface area contributed by atoms with Gasteiger partial charge in [0.15, 0.2) is 0 Å². The number of amides is 2. The average molecular weight is 436 g/mol. The largest absolute Gasteiger partial charge is 0.340 e. The van der Waals surface area contributed by atoms with Crippen molar-refractivity contribution in [1.29, 1.82) is 0 Å². The van der Waals surface area contributed by atoms with Gasteiger partial charge in [-0.05, 0) is 43.5 Å². The Morgan fingerprint density at radius 2 is 1.80 bits per heavy atom. The fourth-order valence-electron chi connectivity index (χ4n) is 3.10. The molecule has 0 aliphatic carbocycles. The molecule has 1 aromatic carbocycles. The monoisotopic (exact) mass is 435 g/mol. The van der Waals surface area contributed by atoms with Gasteiger partial charge in [-0.1, -0.05) is 0 Å². The van der Waals surface area contributed by atoms with Crippen molar-refractivity contribution >= 4 is 39.4 Å². The van der Waals surface area contributed by atoms with Crippen LogP contribution >= 0.6 is 0 Å². The van der Waals surface area contributed by atoms with E-state index in [1.165, 1.54) is 44.7 Å². The minimum atomic E-state index is -3.88. The zero-order chi connectivity index (χ0) is 21.7. The van der Waals surface area contributed by atoms with Gasteiger partial charge in [-0.2, -0.15) is 9.29 Å². The van der Waals surface area contributed by atoms with E-state index in [2.05, 4.69) is 25.8 Å². The van der Waals surface area contributed by atoms with Gasteiger partial charge in [0.2, 0.25) is 33.7 Å². The summed E-state index contributed by atoms with van der Waals surface area (Å²) in [4.78, 5) is 29.7. The summed E-state index contributed by atoms with van der Waals surface area (Å²) in [5.74, 6) is -0.108. The Kier molecular flexibility index (Phi) is 6.67. The lowest BCUT2D eigenvalue weighted by Crippen LogP contribution is -2.35. The van der Waals surface area contributed by atoms with E-state index >= 15 is 0 Å². The number of sulfonamides is 1. The summed E-state index contributed by atoms with van der Waals surface area (Å²) in [5, 5.41) is 11.9. The normalized spacial score (nSPS) is 14.6. The predicted molar refractivity (Wildman–Crippen MR) is 112 cm³/mol. The number of hydrogen-bond donors (Lipinski definition) is 3. The van der Waals surface area contributed by atoms with Gasteiger partial charge >= 0.3 is 0 Å². The highest BCUT2D eigenvalue weighted by Gasteiger charge is 2.24. The molecule has 1 aliphatic rings. The van der Waals surface area contributed by atoms with Gasteiger partial charge in [-0.3, -0.25) is 14.9 Å². The molecule has 0 spiro atoms. The molecule has 1 fully saturated rings. The molecule has 3 rings (SSSR count). The summed E-state index contributed by atoms with van der Waals surface area (Å²) in [7, 11) is -2.56. The van der Waals surface area contributed by atoms with Crippen molar-refractivity contribution in [2.45, 2.75) is 31.1 Å². The first-order valence-electron chi connectivity index (χ1n) is 9.57. The number of benzene rings is 1. The molecule has 30 heavy (non-hydrogen) atoms.